The molecule has 0 unspecified atom stereocenters. The molecule has 0 bridgehead atoms. The zero-order valence-electron chi connectivity index (χ0n) is 5.83. The molecule has 3 amide bonds. The number of hydrogen-bond donors (Lipinski definition) is 1. The Morgan fingerprint density at radius 2 is 2.36 bits per heavy atom. The molecule has 0 aromatic rings. The van der Waals surface area contributed by atoms with Crippen molar-refractivity contribution in [2.75, 3.05) is 13.1 Å². The van der Waals surface area contributed by atoms with Crippen LogP contribution >= 0.6 is 0 Å². The summed E-state index contributed by atoms with van der Waals surface area (Å²) < 4.78 is 0. The molecule has 0 aliphatic carbocycles. The summed E-state index contributed by atoms with van der Waals surface area (Å²) in [6, 6.07) is 1.50. The second-order valence-electron chi connectivity index (χ2n) is 2.18. The van der Waals surface area contributed by atoms with E-state index in [1.807, 2.05) is 6.07 Å². The lowest BCUT2D eigenvalue weighted by atomic mass is 10.4. The van der Waals surface area contributed by atoms with E-state index in [1.54, 1.807) is 0 Å². The predicted octanol–water partition coefficient (Wildman–Crippen LogP) is -0.548. The van der Waals surface area contributed by atoms with Gasteiger partial charge >= 0.3 is 6.03 Å². The van der Waals surface area contributed by atoms with Gasteiger partial charge in [0.2, 0.25) is 5.91 Å². The van der Waals surface area contributed by atoms with Gasteiger partial charge in [-0.3, -0.25) is 10.1 Å². The van der Waals surface area contributed by atoms with E-state index in [0.717, 1.165) is 0 Å². The highest BCUT2D eigenvalue weighted by molar-refractivity contribution is 6.01. The van der Waals surface area contributed by atoms with Crippen molar-refractivity contribution in [1.29, 1.82) is 5.26 Å². The number of nitrogens with zero attached hydrogens (tertiary/aromatic N) is 2. The van der Waals surface area contributed by atoms with E-state index < -0.39 is 6.03 Å². The first-order valence-corrected chi connectivity index (χ1v) is 3.20. The molecule has 5 heteroatoms. The van der Waals surface area contributed by atoms with Crippen molar-refractivity contribution in [1.82, 2.24) is 10.2 Å². The Balaban J connectivity index is 2.42. The molecule has 1 aliphatic heterocycles. The molecule has 1 fully saturated rings. The molecule has 0 aromatic carbocycles. The van der Waals surface area contributed by atoms with Crippen LogP contribution < -0.4 is 5.32 Å². The summed E-state index contributed by atoms with van der Waals surface area (Å²) in [5, 5.41) is 10.3. The Bertz CT molecular complexity index is 230. The van der Waals surface area contributed by atoms with Crippen LogP contribution in [0.15, 0.2) is 0 Å². The summed E-state index contributed by atoms with van der Waals surface area (Å²) in [6.07, 6.45) is 0.265. The van der Waals surface area contributed by atoms with Crippen molar-refractivity contribution < 1.29 is 9.59 Å². The summed E-state index contributed by atoms with van der Waals surface area (Å²) in [7, 11) is 0. The van der Waals surface area contributed by atoms with Gasteiger partial charge in [-0.15, -0.1) is 0 Å². The maximum Gasteiger partial charge on any atom is 0.324 e. The van der Waals surface area contributed by atoms with Crippen molar-refractivity contribution >= 4 is 11.9 Å². The molecule has 0 aromatic heterocycles. The molecule has 58 valence electrons. The molecule has 0 atom stereocenters. The molecule has 1 heterocycles. The van der Waals surface area contributed by atoms with Crippen LogP contribution in [0.25, 0.3) is 0 Å². The highest BCUT2D eigenvalue weighted by Crippen LogP contribution is 1.97. The first kappa shape index (κ1) is 7.54. The Labute approximate surface area is 63.6 Å². The van der Waals surface area contributed by atoms with Gasteiger partial charge in [0.25, 0.3) is 0 Å². The fourth-order valence-electron chi connectivity index (χ4n) is 0.849. The lowest BCUT2D eigenvalue weighted by Gasteiger charge is -2.08. The highest BCUT2D eigenvalue weighted by Gasteiger charge is 2.25. The number of urea groups is 1. The van der Waals surface area contributed by atoms with Crippen LogP contribution in [0.4, 0.5) is 4.79 Å². The second-order valence-corrected chi connectivity index (χ2v) is 2.18. The van der Waals surface area contributed by atoms with Crippen LogP contribution in [-0.2, 0) is 4.79 Å². The van der Waals surface area contributed by atoms with Crippen LogP contribution in [0.3, 0.4) is 0 Å². The van der Waals surface area contributed by atoms with Crippen LogP contribution in [0.1, 0.15) is 6.42 Å². The van der Waals surface area contributed by atoms with Gasteiger partial charge in [0.15, 0.2) is 0 Å². The number of carbonyl (C=O) groups excluding carboxylic acids is 2. The minimum absolute atomic E-state index is 0.0838. The van der Waals surface area contributed by atoms with E-state index in [4.69, 9.17) is 5.26 Å². The standard InChI is InChI=1S/C6H7N3O2/c7-2-1-3-9-4-5(10)8-6(9)11/h1,3-4H2,(H,8,10,11). The molecule has 5 nitrogen and oxygen atoms in total. The molecule has 0 saturated carbocycles. The van der Waals surface area contributed by atoms with E-state index in [-0.39, 0.29) is 18.9 Å². The number of amides is 3. The third kappa shape index (κ3) is 1.67. The minimum atomic E-state index is -0.398. The van der Waals surface area contributed by atoms with Gasteiger partial charge in [-0.1, -0.05) is 0 Å². The summed E-state index contributed by atoms with van der Waals surface area (Å²) in [6.45, 7) is 0.411. The number of rotatable bonds is 2. The zero-order chi connectivity index (χ0) is 8.27. The molecular formula is C6H7N3O2. The molecule has 0 spiro atoms. The largest absolute Gasteiger partial charge is 0.324 e. The summed E-state index contributed by atoms with van der Waals surface area (Å²) >= 11 is 0. The summed E-state index contributed by atoms with van der Waals surface area (Å²) in [4.78, 5) is 22.7. The fraction of sp³-hybridized carbons (Fsp3) is 0.500. The average molecular weight is 153 g/mol. The Morgan fingerprint density at radius 1 is 1.64 bits per heavy atom. The first-order chi connectivity index (χ1) is 5.24. The molecule has 1 aliphatic rings. The van der Waals surface area contributed by atoms with Gasteiger partial charge in [0.05, 0.1) is 12.5 Å². The number of imide groups is 1. The topological polar surface area (TPSA) is 73.2 Å². The van der Waals surface area contributed by atoms with Gasteiger partial charge in [-0.2, -0.15) is 5.26 Å². The number of carbonyl (C=O) groups is 2. The fourth-order valence-corrected chi connectivity index (χ4v) is 0.849. The SMILES string of the molecule is N#CCCN1CC(=O)NC1=O. The molecular weight excluding hydrogens is 146 g/mol. The number of nitrogens with one attached hydrogen (secondary N) is 1. The maximum atomic E-state index is 10.8. The van der Waals surface area contributed by atoms with E-state index in [2.05, 4.69) is 5.32 Å². The average Bonchev–Trinajstić information content (AvgIpc) is 2.26. The number of nitriles is 1. The highest BCUT2D eigenvalue weighted by atomic mass is 16.2. The van der Waals surface area contributed by atoms with Crippen molar-refractivity contribution in [3.8, 4) is 6.07 Å². The van der Waals surface area contributed by atoms with Crippen LogP contribution in [0, 0.1) is 11.3 Å². The van der Waals surface area contributed by atoms with E-state index >= 15 is 0 Å². The first-order valence-electron chi connectivity index (χ1n) is 3.20. The van der Waals surface area contributed by atoms with Gasteiger partial charge < -0.3 is 4.90 Å². The minimum Gasteiger partial charge on any atom is -0.314 e. The summed E-state index contributed by atoms with van der Waals surface area (Å²) in [5.41, 5.74) is 0. The normalized spacial score (nSPS) is 16.5. The van der Waals surface area contributed by atoms with E-state index in [1.165, 1.54) is 4.90 Å². The van der Waals surface area contributed by atoms with Crippen LogP contribution in [0.5, 0.6) is 0 Å². The van der Waals surface area contributed by atoms with Gasteiger partial charge in [-0.25, -0.2) is 4.79 Å². The van der Waals surface area contributed by atoms with Crippen LogP contribution in [-0.4, -0.2) is 29.9 Å². The number of hydrogen-bond acceptors (Lipinski definition) is 3. The van der Waals surface area contributed by atoms with Crippen LogP contribution in [0.2, 0.25) is 0 Å². The summed E-state index contributed by atoms with van der Waals surface area (Å²) in [5.74, 6) is -0.298. The van der Waals surface area contributed by atoms with E-state index in [9.17, 15) is 9.59 Å². The Kier molecular flexibility index (Phi) is 2.06. The van der Waals surface area contributed by atoms with Gasteiger partial charge in [-0.05, 0) is 0 Å². The lowest BCUT2D eigenvalue weighted by Crippen LogP contribution is -2.28. The zero-order valence-corrected chi connectivity index (χ0v) is 5.83. The third-order valence-corrected chi connectivity index (χ3v) is 1.36. The van der Waals surface area contributed by atoms with Gasteiger partial charge in [0.1, 0.15) is 6.54 Å². The smallest absolute Gasteiger partial charge is 0.314 e. The van der Waals surface area contributed by atoms with Gasteiger partial charge in [0, 0.05) is 6.54 Å². The van der Waals surface area contributed by atoms with E-state index in [0.29, 0.717) is 6.54 Å². The second kappa shape index (κ2) is 3.01. The molecule has 11 heavy (non-hydrogen) atoms. The monoisotopic (exact) mass is 153 g/mol. The lowest BCUT2D eigenvalue weighted by molar-refractivity contribution is -0.118. The third-order valence-electron chi connectivity index (χ3n) is 1.36. The van der Waals surface area contributed by atoms with Crippen molar-refractivity contribution in [3.63, 3.8) is 0 Å². The Morgan fingerprint density at radius 3 is 2.82 bits per heavy atom. The molecule has 1 rings (SSSR count). The predicted molar refractivity (Wildman–Crippen MR) is 35.3 cm³/mol. The van der Waals surface area contributed by atoms with Crippen molar-refractivity contribution in [2.24, 2.45) is 0 Å². The quantitative estimate of drug-likeness (QED) is 0.541. The maximum absolute atomic E-state index is 10.8. The molecule has 1 N–H and O–H groups in total. The molecule has 0 radical (unpaired) electrons. The Hall–Kier alpha value is -1.57. The van der Waals surface area contributed by atoms with Crippen molar-refractivity contribution in [2.45, 2.75) is 6.42 Å². The van der Waals surface area contributed by atoms with Crippen molar-refractivity contribution in [3.05, 3.63) is 0 Å². The molecule has 1 saturated heterocycles.